The number of nitrogens with one attached hydrogen (secondary N) is 1. The van der Waals surface area contributed by atoms with E-state index in [1.54, 1.807) is 18.2 Å². The Bertz CT molecular complexity index is 970. The molecule has 0 heterocycles. The average Bonchev–Trinajstić information content (AvgIpc) is 2.65. The molecule has 2 atom stereocenters. The minimum Gasteiger partial charge on any atom is -0.347 e. The number of rotatable bonds is 8. The first-order valence-corrected chi connectivity index (χ1v) is 11.9. The van der Waals surface area contributed by atoms with Crippen LogP contribution >= 0.6 is 0 Å². The van der Waals surface area contributed by atoms with E-state index < -0.39 is 16.1 Å². The number of benzene rings is 2. The van der Waals surface area contributed by atoms with E-state index in [0.717, 1.165) is 17.4 Å². The molecule has 2 aromatic carbocycles. The van der Waals surface area contributed by atoms with Crippen LogP contribution in [0.5, 0.6) is 0 Å². The number of sulfonamides is 1. The van der Waals surface area contributed by atoms with Crippen LogP contribution < -0.4 is 9.62 Å². The summed E-state index contributed by atoms with van der Waals surface area (Å²) in [6.45, 7) is 9.84. The first kappa shape index (κ1) is 22.9. The fourth-order valence-electron chi connectivity index (χ4n) is 3.50. The number of amides is 1. The molecule has 6 heteroatoms. The Morgan fingerprint density at radius 2 is 1.69 bits per heavy atom. The number of carbonyl (C=O) groups is 1. The molecule has 0 unspecified atom stereocenters. The fourth-order valence-corrected chi connectivity index (χ4v) is 4.70. The number of anilines is 1. The van der Waals surface area contributed by atoms with Gasteiger partial charge in [-0.25, -0.2) is 8.42 Å². The first-order chi connectivity index (χ1) is 13.6. The van der Waals surface area contributed by atoms with E-state index in [1.807, 2.05) is 45.9 Å². The number of hydrogen-bond acceptors (Lipinski definition) is 3. The van der Waals surface area contributed by atoms with Crippen molar-refractivity contribution in [2.45, 2.75) is 59.5 Å². The van der Waals surface area contributed by atoms with Gasteiger partial charge < -0.3 is 5.32 Å². The molecule has 0 aliphatic rings. The summed E-state index contributed by atoms with van der Waals surface area (Å²) in [6, 6.07) is 12.4. The van der Waals surface area contributed by atoms with Crippen LogP contribution in [0.25, 0.3) is 0 Å². The van der Waals surface area contributed by atoms with E-state index in [1.165, 1.54) is 15.4 Å². The van der Waals surface area contributed by atoms with E-state index in [9.17, 15) is 13.2 Å². The Balaban J connectivity index is 2.36. The van der Waals surface area contributed by atoms with Gasteiger partial charge in [0.1, 0.15) is 6.04 Å². The lowest BCUT2D eigenvalue weighted by atomic mass is 9.99. The first-order valence-electron chi connectivity index (χ1n) is 10.0. The Morgan fingerprint density at radius 3 is 2.21 bits per heavy atom. The summed E-state index contributed by atoms with van der Waals surface area (Å²) < 4.78 is 26.4. The van der Waals surface area contributed by atoms with Crippen molar-refractivity contribution in [2.24, 2.45) is 0 Å². The second-order valence-corrected chi connectivity index (χ2v) is 9.49. The number of aryl methyl sites for hydroxylation is 3. The summed E-state index contributed by atoms with van der Waals surface area (Å²) in [6.07, 6.45) is 2.23. The summed E-state index contributed by atoms with van der Waals surface area (Å²) in [5, 5.41) is 3.07. The third kappa shape index (κ3) is 5.60. The van der Waals surface area contributed by atoms with Crippen LogP contribution in [-0.2, 0) is 14.8 Å². The van der Waals surface area contributed by atoms with Crippen LogP contribution in [0.4, 0.5) is 5.69 Å². The van der Waals surface area contributed by atoms with Crippen LogP contribution in [0, 0.1) is 20.8 Å². The Labute approximate surface area is 175 Å². The maximum atomic E-state index is 13.2. The summed E-state index contributed by atoms with van der Waals surface area (Å²) in [5.41, 5.74) is 4.84. The van der Waals surface area contributed by atoms with Crippen molar-refractivity contribution in [3.63, 3.8) is 0 Å². The van der Waals surface area contributed by atoms with Crippen LogP contribution in [-0.4, -0.2) is 26.6 Å². The monoisotopic (exact) mass is 416 g/mol. The van der Waals surface area contributed by atoms with Gasteiger partial charge in [0.2, 0.25) is 15.9 Å². The minimum atomic E-state index is -3.64. The van der Waals surface area contributed by atoms with Gasteiger partial charge in [0.05, 0.1) is 18.0 Å². The van der Waals surface area contributed by atoms with Gasteiger partial charge in [-0.3, -0.25) is 9.10 Å². The molecule has 0 saturated carbocycles. The predicted molar refractivity (Wildman–Crippen MR) is 120 cm³/mol. The van der Waals surface area contributed by atoms with E-state index in [2.05, 4.69) is 18.3 Å². The molecule has 1 N–H and O–H groups in total. The number of hydrogen-bond donors (Lipinski definition) is 1. The summed E-state index contributed by atoms with van der Waals surface area (Å²) in [7, 11) is -3.64. The molecule has 0 saturated heterocycles. The Kier molecular flexibility index (Phi) is 7.47. The standard InChI is InChI=1S/C23H32N2O3S/c1-7-21(19-13-12-17(4)18(5)15-19)24-23(26)22(8-2)25(29(6,27)28)20-11-9-10-16(3)14-20/h9-15,21-22H,7-8H2,1-6H3,(H,24,26)/t21-,22-/m1/s1. The third-order valence-electron chi connectivity index (χ3n) is 5.24. The van der Waals surface area contributed by atoms with Crippen LogP contribution in [0.1, 0.15) is 55.0 Å². The van der Waals surface area contributed by atoms with Gasteiger partial charge in [-0.05, 0) is 68.0 Å². The number of nitrogens with zero attached hydrogens (tertiary/aromatic N) is 1. The van der Waals surface area contributed by atoms with E-state index in [4.69, 9.17) is 0 Å². The van der Waals surface area contributed by atoms with E-state index >= 15 is 0 Å². The molecule has 0 fully saturated rings. The van der Waals surface area contributed by atoms with Gasteiger partial charge in [0, 0.05) is 0 Å². The number of carbonyl (C=O) groups excluding carboxylic acids is 1. The smallest absolute Gasteiger partial charge is 0.244 e. The Morgan fingerprint density at radius 1 is 1.00 bits per heavy atom. The normalized spacial score (nSPS) is 13.6. The van der Waals surface area contributed by atoms with Gasteiger partial charge >= 0.3 is 0 Å². The molecule has 5 nitrogen and oxygen atoms in total. The highest BCUT2D eigenvalue weighted by atomic mass is 32.2. The lowest BCUT2D eigenvalue weighted by molar-refractivity contribution is -0.123. The van der Waals surface area contributed by atoms with Crippen molar-refractivity contribution in [2.75, 3.05) is 10.6 Å². The molecule has 0 bridgehead atoms. The largest absolute Gasteiger partial charge is 0.347 e. The second kappa shape index (κ2) is 9.44. The highest BCUT2D eigenvalue weighted by Gasteiger charge is 2.32. The van der Waals surface area contributed by atoms with E-state index in [-0.39, 0.29) is 11.9 Å². The third-order valence-corrected chi connectivity index (χ3v) is 6.42. The lowest BCUT2D eigenvalue weighted by Crippen LogP contribution is -2.50. The molecule has 0 aliphatic carbocycles. The zero-order valence-electron chi connectivity index (χ0n) is 18.2. The highest BCUT2D eigenvalue weighted by Crippen LogP contribution is 2.25. The molecular formula is C23H32N2O3S. The summed E-state index contributed by atoms with van der Waals surface area (Å²) >= 11 is 0. The molecule has 0 aliphatic heterocycles. The van der Waals surface area contributed by atoms with Crippen molar-refractivity contribution in [3.8, 4) is 0 Å². The molecule has 158 valence electrons. The van der Waals surface area contributed by atoms with Crippen molar-refractivity contribution in [1.29, 1.82) is 0 Å². The maximum absolute atomic E-state index is 13.2. The molecular weight excluding hydrogens is 384 g/mol. The minimum absolute atomic E-state index is 0.172. The quantitative estimate of drug-likeness (QED) is 0.692. The van der Waals surface area contributed by atoms with Gasteiger partial charge in [-0.2, -0.15) is 0 Å². The highest BCUT2D eigenvalue weighted by molar-refractivity contribution is 7.92. The van der Waals surface area contributed by atoms with Crippen LogP contribution in [0.3, 0.4) is 0 Å². The van der Waals surface area contributed by atoms with Crippen molar-refractivity contribution >= 4 is 21.6 Å². The van der Waals surface area contributed by atoms with Crippen LogP contribution in [0.2, 0.25) is 0 Å². The topological polar surface area (TPSA) is 66.5 Å². The van der Waals surface area contributed by atoms with Gasteiger partial charge in [0.15, 0.2) is 0 Å². The van der Waals surface area contributed by atoms with Gasteiger partial charge in [-0.15, -0.1) is 0 Å². The fraction of sp³-hybridized carbons (Fsp3) is 0.435. The van der Waals surface area contributed by atoms with Gasteiger partial charge in [0.25, 0.3) is 0 Å². The van der Waals surface area contributed by atoms with Gasteiger partial charge in [-0.1, -0.05) is 44.2 Å². The molecule has 1 amide bonds. The van der Waals surface area contributed by atoms with Crippen molar-refractivity contribution in [1.82, 2.24) is 5.32 Å². The SMILES string of the molecule is CC[C@H](C(=O)N[C@H](CC)c1ccc(C)c(C)c1)N(c1cccc(C)c1)S(C)(=O)=O. The molecule has 29 heavy (non-hydrogen) atoms. The molecule has 2 rings (SSSR count). The predicted octanol–water partition coefficient (Wildman–Crippen LogP) is 4.42. The second-order valence-electron chi connectivity index (χ2n) is 7.63. The lowest BCUT2D eigenvalue weighted by Gasteiger charge is -2.31. The van der Waals surface area contributed by atoms with E-state index in [0.29, 0.717) is 18.5 Å². The average molecular weight is 417 g/mol. The molecule has 0 spiro atoms. The van der Waals surface area contributed by atoms with Crippen molar-refractivity contribution in [3.05, 3.63) is 64.7 Å². The maximum Gasteiger partial charge on any atom is 0.244 e. The summed E-state index contributed by atoms with van der Waals surface area (Å²) in [4.78, 5) is 13.2. The summed E-state index contributed by atoms with van der Waals surface area (Å²) in [5.74, 6) is -0.287. The zero-order chi connectivity index (χ0) is 21.8. The van der Waals surface area contributed by atoms with Crippen molar-refractivity contribution < 1.29 is 13.2 Å². The van der Waals surface area contributed by atoms with Crippen LogP contribution in [0.15, 0.2) is 42.5 Å². The Hall–Kier alpha value is -2.34. The molecule has 0 radical (unpaired) electrons. The zero-order valence-corrected chi connectivity index (χ0v) is 19.0. The molecule has 2 aromatic rings. The molecule has 0 aromatic heterocycles.